The van der Waals surface area contributed by atoms with E-state index in [1.807, 2.05) is 0 Å². The van der Waals surface area contributed by atoms with Crippen LogP contribution in [-0.2, 0) is 11.0 Å². The maximum Gasteiger partial charge on any atom is 0.356 e. The van der Waals surface area contributed by atoms with Crippen LogP contribution in [0.2, 0.25) is 0 Å². The van der Waals surface area contributed by atoms with E-state index in [4.69, 9.17) is 16.2 Å². The van der Waals surface area contributed by atoms with E-state index in [1.54, 1.807) is 18.2 Å². The Morgan fingerprint density at radius 2 is 2.00 bits per heavy atom. The maximum absolute atomic E-state index is 11.0. The highest BCUT2D eigenvalue weighted by Crippen LogP contribution is 2.34. The molecular formula is C9H9O3P. The van der Waals surface area contributed by atoms with Gasteiger partial charge in [0.1, 0.15) is 0 Å². The van der Waals surface area contributed by atoms with Gasteiger partial charge in [0.25, 0.3) is 0 Å². The molecule has 0 saturated heterocycles. The quantitative estimate of drug-likeness (QED) is 0.539. The molecule has 0 unspecified atom stereocenters. The second kappa shape index (κ2) is 3.76. The van der Waals surface area contributed by atoms with Crippen LogP contribution in [-0.4, -0.2) is 9.79 Å². The Morgan fingerprint density at radius 1 is 1.38 bits per heavy atom. The van der Waals surface area contributed by atoms with Gasteiger partial charge in [-0.1, -0.05) is 18.2 Å². The lowest BCUT2D eigenvalue weighted by molar-refractivity contribution is 0.387. The van der Waals surface area contributed by atoms with Crippen LogP contribution in [0.4, 0.5) is 0 Å². The Balaban J connectivity index is 3.22. The van der Waals surface area contributed by atoms with Gasteiger partial charge in [-0.05, 0) is 11.6 Å². The predicted octanol–water partition coefficient (Wildman–Crippen LogP) is 0.665. The number of terminal acetylenes is 1. The van der Waals surface area contributed by atoms with Crippen molar-refractivity contribution in [1.29, 1.82) is 0 Å². The average Bonchev–Trinajstić information content (AvgIpc) is 2.04. The van der Waals surface area contributed by atoms with E-state index in [0.717, 1.165) is 0 Å². The number of hydrogen-bond acceptors (Lipinski definition) is 1. The topological polar surface area (TPSA) is 57.5 Å². The molecule has 68 valence electrons. The average molecular weight is 196 g/mol. The van der Waals surface area contributed by atoms with Crippen LogP contribution in [0.3, 0.4) is 0 Å². The third kappa shape index (κ3) is 2.43. The van der Waals surface area contributed by atoms with Gasteiger partial charge in [-0.15, -0.1) is 12.3 Å². The fourth-order valence-corrected chi connectivity index (χ4v) is 1.86. The maximum atomic E-state index is 11.0. The summed E-state index contributed by atoms with van der Waals surface area (Å²) in [4.78, 5) is 17.9. The highest BCUT2D eigenvalue weighted by molar-refractivity contribution is 7.60. The number of benzene rings is 1. The first-order chi connectivity index (χ1) is 6.05. The summed E-state index contributed by atoms with van der Waals surface area (Å²) in [6.45, 7) is 0. The molecule has 1 aromatic carbocycles. The van der Waals surface area contributed by atoms with E-state index in [2.05, 4.69) is 5.92 Å². The van der Waals surface area contributed by atoms with Crippen molar-refractivity contribution in [2.24, 2.45) is 0 Å². The van der Waals surface area contributed by atoms with E-state index >= 15 is 0 Å². The van der Waals surface area contributed by atoms with Gasteiger partial charge in [0.05, 0.1) is 5.30 Å². The minimum absolute atomic E-state index is 0.0213. The monoisotopic (exact) mass is 196 g/mol. The molecule has 0 aliphatic carbocycles. The van der Waals surface area contributed by atoms with Crippen LogP contribution in [0.1, 0.15) is 5.56 Å². The van der Waals surface area contributed by atoms with Gasteiger partial charge in [0.2, 0.25) is 0 Å². The molecule has 0 fully saturated rings. The summed E-state index contributed by atoms with van der Waals surface area (Å²) >= 11 is 0. The summed E-state index contributed by atoms with van der Waals surface area (Å²) in [5.41, 5.74) is 0.512. The summed E-state index contributed by atoms with van der Waals surface area (Å²) in [5.74, 6) is 2.35. The van der Waals surface area contributed by atoms with E-state index in [1.165, 1.54) is 6.07 Å². The second-order valence-corrected chi connectivity index (χ2v) is 4.12. The summed E-state index contributed by atoms with van der Waals surface area (Å²) in [7, 11) is -4.18. The Kier molecular flexibility index (Phi) is 2.90. The van der Waals surface area contributed by atoms with E-state index in [-0.39, 0.29) is 11.7 Å². The first-order valence-electron chi connectivity index (χ1n) is 3.63. The Bertz CT molecular complexity index is 386. The van der Waals surface area contributed by atoms with Gasteiger partial charge >= 0.3 is 7.60 Å². The molecule has 0 radical (unpaired) electrons. The third-order valence-corrected chi connectivity index (χ3v) is 2.66. The Labute approximate surface area is 76.6 Å². The van der Waals surface area contributed by atoms with Gasteiger partial charge in [-0.3, -0.25) is 4.57 Å². The van der Waals surface area contributed by atoms with Crippen molar-refractivity contribution in [3.05, 3.63) is 29.8 Å². The molecule has 2 N–H and O–H groups in total. The lowest BCUT2D eigenvalue weighted by atomic mass is 10.2. The molecule has 4 heteroatoms. The Hall–Kier alpha value is -1.07. The number of rotatable bonds is 2. The molecule has 1 aromatic rings. The summed E-state index contributed by atoms with van der Waals surface area (Å²) in [5, 5.41) is 0.0213. The highest BCUT2D eigenvalue weighted by atomic mass is 31.2. The fraction of sp³-hybridized carbons (Fsp3) is 0.111. The van der Waals surface area contributed by atoms with Crippen molar-refractivity contribution in [2.45, 2.75) is 6.42 Å². The van der Waals surface area contributed by atoms with Crippen molar-refractivity contribution in [1.82, 2.24) is 0 Å². The fourth-order valence-electron chi connectivity index (χ4n) is 1.05. The van der Waals surface area contributed by atoms with Gasteiger partial charge in [0.15, 0.2) is 0 Å². The van der Waals surface area contributed by atoms with Crippen LogP contribution >= 0.6 is 7.60 Å². The molecule has 3 nitrogen and oxygen atoms in total. The molecule has 0 amide bonds. The Morgan fingerprint density at radius 3 is 2.54 bits per heavy atom. The minimum Gasteiger partial charge on any atom is -0.321 e. The first-order valence-corrected chi connectivity index (χ1v) is 5.24. The van der Waals surface area contributed by atoms with Crippen molar-refractivity contribution in [2.75, 3.05) is 0 Å². The lowest BCUT2D eigenvalue weighted by Crippen LogP contribution is -2.09. The van der Waals surface area contributed by atoms with Crippen LogP contribution in [0.5, 0.6) is 0 Å². The van der Waals surface area contributed by atoms with Crippen molar-refractivity contribution < 1.29 is 14.4 Å². The van der Waals surface area contributed by atoms with E-state index in [9.17, 15) is 4.57 Å². The van der Waals surface area contributed by atoms with Crippen LogP contribution in [0, 0.1) is 12.3 Å². The van der Waals surface area contributed by atoms with Crippen LogP contribution < -0.4 is 5.30 Å². The van der Waals surface area contributed by atoms with E-state index < -0.39 is 7.60 Å². The zero-order chi connectivity index (χ0) is 9.90. The van der Waals surface area contributed by atoms with Gasteiger partial charge < -0.3 is 9.79 Å². The largest absolute Gasteiger partial charge is 0.356 e. The smallest absolute Gasteiger partial charge is 0.321 e. The first kappa shape index (κ1) is 10.0. The standard InChI is InChI=1S/C9H9O3P/c1-2-5-8-6-3-4-7-9(8)13(10,11)12/h1,3-4,6-7H,5H2,(H2,10,11,12). The molecule has 0 heterocycles. The van der Waals surface area contributed by atoms with Crippen molar-refractivity contribution >= 4 is 12.9 Å². The lowest BCUT2D eigenvalue weighted by Gasteiger charge is -2.07. The molecule has 13 heavy (non-hydrogen) atoms. The molecule has 0 saturated carbocycles. The zero-order valence-corrected chi connectivity index (χ0v) is 7.74. The SMILES string of the molecule is C#CCc1ccccc1P(=O)(O)O. The summed E-state index contributed by atoms with van der Waals surface area (Å²) in [6, 6.07) is 6.29. The van der Waals surface area contributed by atoms with Crippen molar-refractivity contribution in [3.8, 4) is 12.3 Å². The van der Waals surface area contributed by atoms with Crippen LogP contribution in [0.15, 0.2) is 24.3 Å². The van der Waals surface area contributed by atoms with Crippen LogP contribution in [0.25, 0.3) is 0 Å². The van der Waals surface area contributed by atoms with Crippen molar-refractivity contribution in [3.63, 3.8) is 0 Å². The third-order valence-electron chi connectivity index (χ3n) is 1.60. The molecule has 0 aromatic heterocycles. The van der Waals surface area contributed by atoms with E-state index in [0.29, 0.717) is 5.56 Å². The molecule has 0 atom stereocenters. The second-order valence-electron chi connectivity index (χ2n) is 2.55. The molecule has 0 aliphatic heterocycles. The van der Waals surface area contributed by atoms with Gasteiger partial charge in [0, 0.05) is 6.42 Å². The summed E-state index contributed by atoms with van der Waals surface area (Å²) < 4.78 is 11.0. The normalized spacial score (nSPS) is 10.8. The molecule has 0 aliphatic rings. The summed E-state index contributed by atoms with van der Waals surface area (Å²) in [6.07, 6.45) is 5.31. The minimum atomic E-state index is -4.18. The molecule has 1 rings (SSSR count). The predicted molar refractivity (Wildman–Crippen MR) is 50.7 cm³/mol. The van der Waals surface area contributed by atoms with Gasteiger partial charge in [-0.2, -0.15) is 0 Å². The number of hydrogen-bond donors (Lipinski definition) is 2. The zero-order valence-electron chi connectivity index (χ0n) is 6.84. The molecule has 0 spiro atoms. The molecule has 0 bridgehead atoms. The molecular weight excluding hydrogens is 187 g/mol. The van der Waals surface area contributed by atoms with Gasteiger partial charge in [-0.25, -0.2) is 0 Å². The highest BCUT2D eigenvalue weighted by Gasteiger charge is 2.19.